The Morgan fingerprint density at radius 3 is 2.76 bits per heavy atom. The molecule has 2 aromatic rings. The predicted molar refractivity (Wildman–Crippen MR) is 76.5 cm³/mol. The first-order valence-corrected chi connectivity index (χ1v) is 6.65. The van der Waals surface area contributed by atoms with Gasteiger partial charge >= 0.3 is 0 Å². The molecule has 2 heterocycles. The zero-order chi connectivity index (χ0) is 15.1. The number of nitrogens with zero attached hydrogens (tertiary/aromatic N) is 1. The van der Waals surface area contributed by atoms with E-state index in [1.54, 1.807) is 19.2 Å². The molecule has 21 heavy (non-hydrogen) atoms. The quantitative estimate of drug-likeness (QED) is 0.841. The van der Waals surface area contributed by atoms with Gasteiger partial charge in [0, 0.05) is 19.2 Å². The number of nitrogens with one attached hydrogen (secondary N) is 2. The minimum atomic E-state index is -0.237. The minimum Gasteiger partial charge on any atom is -0.469 e. The van der Waals surface area contributed by atoms with Crippen molar-refractivity contribution in [1.82, 2.24) is 15.6 Å². The van der Waals surface area contributed by atoms with Crippen LogP contribution < -0.4 is 10.6 Å². The van der Waals surface area contributed by atoms with Crippen LogP contribution in [-0.2, 0) is 11.3 Å². The van der Waals surface area contributed by atoms with Gasteiger partial charge in [-0.05, 0) is 25.1 Å². The number of pyridine rings is 1. The maximum absolute atomic E-state index is 11.8. The average Bonchev–Trinajstić information content (AvgIpc) is 2.92. The van der Waals surface area contributed by atoms with E-state index < -0.39 is 0 Å². The molecule has 0 aliphatic rings. The van der Waals surface area contributed by atoms with Gasteiger partial charge in [0.1, 0.15) is 5.76 Å². The van der Waals surface area contributed by atoms with Gasteiger partial charge in [-0.3, -0.25) is 14.6 Å². The van der Waals surface area contributed by atoms with E-state index in [4.69, 9.17) is 4.42 Å². The first-order chi connectivity index (χ1) is 10.2. The maximum Gasteiger partial charge on any atom is 0.254 e. The number of hydrogen-bond acceptors (Lipinski definition) is 4. The monoisotopic (exact) mass is 287 g/mol. The molecule has 0 aliphatic heterocycles. The molecule has 0 radical (unpaired) electrons. The van der Waals surface area contributed by atoms with Crippen LogP contribution in [0.15, 0.2) is 41.1 Å². The molecule has 2 N–H and O–H groups in total. The van der Waals surface area contributed by atoms with Crippen molar-refractivity contribution in [2.75, 3.05) is 6.54 Å². The zero-order valence-electron chi connectivity index (χ0n) is 11.8. The van der Waals surface area contributed by atoms with Crippen LogP contribution in [0, 0.1) is 6.92 Å². The van der Waals surface area contributed by atoms with E-state index in [0.717, 1.165) is 5.69 Å². The lowest BCUT2D eigenvalue weighted by Crippen LogP contribution is -2.30. The second-order valence-corrected chi connectivity index (χ2v) is 4.49. The SMILES string of the molecule is Cc1occc1C(=O)NCCC(=O)NCc1ccccn1. The second kappa shape index (κ2) is 7.23. The summed E-state index contributed by atoms with van der Waals surface area (Å²) in [7, 11) is 0. The zero-order valence-corrected chi connectivity index (χ0v) is 11.8. The summed E-state index contributed by atoms with van der Waals surface area (Å²) in [6.07, 6.45) is 3.36. The number of hydrogen-bond donors (Lipinski definition) is 2. The fraction of sp³-hybridized carbons (Fsp3) is 0.267. The van der Waals surface area contributed by atoms with Gasteiger partial charge in [0.2, 0.25) is 5.91 Å². The number of rotatable bonds is 6. The summed E-state index contributed by atoms with van der Waals surface area (Å²) >= 11 is 0. The van der Waals surface area contributed by atoms with Crippen LogP contribution >= 0.6 is 0 Å². The Bertz CT molecular complexity index is 608. The van der Waals surface area contributed by atoms with E-state index in [9.17, 15) is 9.59 Å². The van der Waals surface area contributed by atoms with E-state index in [1.165, 1.54) is 6.26 Å². The number of aromatic nitrogens is 1. The number of amides is 2. The van der Waals surface area contributed by atoms with E-state index in [2.05, 4.69) is 15.6 Å². The van der Waals surface area contributed by atoms with E-state index in [1.807, 2.05) is 18.2 Å². The van der Waals surface area contributed by atoms with Crippen molar-refractivity contribution in [2.45, 2.75) is 19.9 Å². The lowest BCUT2D eigenvalue weighted by molar-refractivity contribution is -0.121. The summed E-state index contributed by atoms with van der Waals surface area (Å²) in [6, 6.07) is 7.12. The largest absolute Gasteiger partial charge is 0.469 e. The molecule has 0 spiro atoms. The highest BCUT2D eigenvalue weighted by Gasteiger charge is 2.11. The third kappa shape index (κ3) is 4.45. The van der Waals surface area contributed by atoms with Crippen LogP contribution in [0.4, 0.5) is 0 Å². The smallest absolute Gasteiger partial charge is 0.254 e. The lowest BCUT2D eigenvalue weighted by Gasteiger charge is -2.06. The summed E-state index contributed by atoms with van der Waals surface area (Å²) in [6.45, 7) is 2.38. The molecule has 6 heteroatoms. The molecule has 0 bridgehead atoms. The van der Waals surface area contributed by atoms with Gasteiger partial charge in [-0.2, -0.15) is 0 Å². The first-order valence-electron chi connectivity index (χ1n) is 6.65. The van der Waals surface area contributed by atoms with Crippen LogP contribution in [0.3, 0.4) is 0 Å². The van der Waals surface area contributed by atoms with Crippen molar-refractivity contribution in [3.63, 3.8) is 0 Å². The average molecular weight is 287 g/mol. The Morgan fingerprint density at radius 2 is 2.10 bits per heavy atom. The van der Waals surface area contributed by atoms with Crippen LogP contribution in [0.5, 0.6) is 0 Å². The van der Waals surface area contributed by atoms with E-state index in [0.29, 0.717) is 17.9 Å². The van der Waals surface area contributed by atoms with Gasteiger partial charge in [0.25, 0.3) is 5.91 Å². The summed E-state index contributed by atoms with van der Waals surface area (Å²) in [5, 5.41) is 5.43. The summed E-state index contributed by atoms with van der Waals surface area (Å²) in [5.41, 5.74) is 1.29. The number of aryl methyl sites for hydroxylation is 1. The van der Waals surface area contributed by atoms with Gasteiger partial charge in [0.15, 0.2) is 0 Å². The van der Waals surface area contributed by atoms with Gasteiger partial charge in [-0.25, -0.2) is 0 Å². The number of carbonyl (C=O) groups excluding carboxylic acids is 2. The third-order valence-electron chi connectivity index (χ3n) is 2.93. The lowest BCUT2D eigenvalue weighted by atomic mass is 10.2. The fourth-order valence-electron chi connectivity index (χ4n) is 1.79. The number of furan rings is 1. The Hall–Kier alpha value is -2.63. The molecule has 0 unspecified atom stereocenters. The summed E-state index contributed by atoms with van der Waals surface area (Å²) in [5.74, 6) is 0.191. The molecule has 0 aliphatic carbocycles. The van der Waals surface area contributed by atoms with Crippen molar-refractivity contribution >= 4 is 11.8 Å². The van der Waals surface area contributed by atoms with Crippen molar-refractivity contribution < 1.29 is 14.0 Å². The van der Waals surface area contributed by atoms with E-state index in [-0.39, 0.29) is 24.8 Å². The van der Waals surface area contributed by atoms with E-state index >= 15 is 0 Å². The van der Waals surface area contributed by atoms with Crippen molar-refractivity contribution in [1.29, 1.82) is 0 Å². The topological polar surface area (TPSA) is 84.2 Å². The molecule has 0 fully saturated rings. The van der Waals surface area contributed by atoms with Crippen LogP contribution in [0.25, 0.3) is 0 Å². The molecular formula is C15H17N3O3. The molecule has 0 aromatic carbocycles. The highest BCUT2D eigenvalue weighted by atomic mass is 16.3. The maximum atomic E-state index is 11.8. The molecule has 2 aromatic heterocycles. The molecule has 110 valence electrons. The number of carbonyl (C=O) groups is 2. The van der Waals surface area contributed by atoms with Gasteiger partial charge in [-0.15, -0.1) is 0 Å². The van der Waals surface area contributed by atoms with Crippen molar-refractivity contribution in [3.05, 3.63) is 53.7 Å². The molecule has 0 saturated heterocycles. The van der Waals surface area contributed by atoms with Gasteiger partial charge < -0.3 is 15.1 Å². The molecule has 0 saturated carbocycles. The summed E-state index contributed by atoms with van der Waals surface area (Å²) < 4.78 is 5.05. The van der Waals surface area contributed by atoms with Crippen LogP contribution in [0.1, 0.15) is 28.2 Å². The summed E-state index contributed by atoms with van der Waals surface area (Å²) in [4.78, 5) is 27.5. The molecule has 6 nitrogen and oxygen atoms in total. The highest BCUT2D eigenvalue weighted by Crippen LogP contribution is 2.07. The second-order valence-electron chi connectivity index (χ2n) is 4.49. The Labute approximate surface area is 122 Å². The molecular weight excluding hydrogens is 270 g/mol. The standard InChI is InChI=1S/C15H17N3O3/c1-11-13(6-9-21-11)15(20)17-8-5-14(19)18-10-12-4-2-3-7-16-12/h2-4,6-7,9H,5,8,10H2,1H3,(H,17,20)(H,18,19). The van der Waals surface area contributed by atoms with Crippen LogP contribution in [-0.4, -0.2) is 23.3 Å². The molecule has 0 atom stereocenters. The Balaban J connectivity index is 1.68. The Kier molecular flexibility index (Phi) is 5.09. The highest BCUT2D eigenvalue weighted by molar-refractivity contribution is 5.95. The minimum absolute atomic E-state index is 0.134. The van der Waals surface area contributed by atoms with Gasteiger partial charge in [-0.1, -0.05) is 6.07 Å². The van der Waals surface area contributed by atoms with Crippen molar-refractivity contribution in [3.8, 4) is 0 Å². The molecule has 2 rings (SSSR count). The normalized spacial score (nSPS) is 10.1. The molecule has 2 amide bonds. The van der Waals surface area contributed by atoms with Gasteiger partial charge in [0.05, 0.1) is 24.1 Å². The Morgan fingerprint density at radius 1 is 1.24 bits per heavy atom. The van der Waals surface area contributed by atoms with Crippen molar-refractivity contribution in [2.24, 2.45) is 0 Å². The van der Waals surface area contributed by atoms with Crippen LogP contribution in [0.2, 0.25) is 0 Å². The predicted octanol–water partition coefficient (Wildman–Crippen LogP) is 1.42. The third-order valence-corrected chi connectivity index (χ3v) is 2.93. The fourth-order valence-corrected chi connectivity index (χ4v) is 1.79. The first kappa shape index (κ1) is 14.8.